The van der Waals surface area contributed by atoms with E-state index in [0.717, 1.165) is 12.2 Å². The highest BCUT2D eigenvalue weighted by Crippen LogP contribution is 2.15. The lowest BCUT2D eigenvalue weighted by Gasteiger charge is -2.32. The normalized spacial score (nSPS) is 17.1. The van der Waals surface area contributed by atoms with E-state index in [2.05, 4.69) is 9.99 Å². The van der Waals surface area contributed by atoms with Gasteiger partial charge in [0.2, 0.25) is 0 Å². The molecule has 1 aromatic heterocycles. The highest BCUT2D eigenvalue weighted by molar-refractivity contribution is 7.92. The van der Waals surface area contributed by atoms with E-state index >= 15 is 0 Å². The smallest absolute Gasteiger partial charge is 0.320 e. The van der Waals surface area contributed by atoms with Crippen molar-refractivity contribution in [3.05, 3.63) is 17.4 Å². The van der Waals surface area contributed by atoms with Gasteiger partial charge in [-0.1, -0.05) is 11.6 Å². The molecule has 9 heteroatoms. The lowest BCUT2D eigenvalue weighted by molar-refractivity contribution is -0.163. The van der Waals surface area contributed by atoms with Gasteiger partial charge in [-0.05, 0) is 0 Å². The molecule has 7 nitrogen and oxygen atoms in total. The summed E-state index contributed by atoms with van der Waals surface area (Å²) in [5, 5.41) is 4.34. The van der Waals surface area contributed by atoms with Gasteiger partial charge in [0.15, 0.2) is 0 Å². The molecule has 1 aliphatic heterocycles. The molecule has 0 bridgehead atoms. The first-order chi connectivity index (χ1) is 8.70. The lowest BCUT2D eigenvalue weighted by atomic mass is 10.4. The van der Waals surface area contributed by atoms with Gasteiger partial charge in [0, 0.05) is 26.2 Å². The highest BCUT2D eigenvalue weighted by Gasteiger charge is 2.23. The van der Waals surface area contributed by atoms with Gasteiger partial charge in [-0.25, -0.2) is 14.0 Å². The standard InChI is InChI=1S/C9H13ClN4O3S/c1-16-17-18-13-4-2-12(3-5-13)9(15)14-7-8(10)6-11-14/h6-7H,2-5H2,1H3. The van der Waals surface area contributed by atoms with Gasteiger partial charge >= 0.3 is 6.03 Å². The van der Waals surface area contributed by atoms with Crippen molar-refractivity contribution >= 4 is 29.9 Å². The Balaban J connectivity index is 1.84. The molecule has 0 aromatic carbocycles. The fourth-order valence-electron chi connectivity index (χ4n) is 1.58. The first kappa shape index (κ1) is 13.6. The fourth-order valence-corrected chi connectivity index (χ4v) is 2.17. The van der Waals surface area contributed by atoms with Crippen molar-refractivity contribution in [1.29, 1.82) is 0 Å². The first-order valence-electron chi connectivity index (χ1n) is 5.32. The third-order valence-electron chi connectivity index (χ3n) is 2.46. The van der Waals surface area contributed by atoms with Gasteiger partial charge in [-0.2, -0.15) is 9.78 Å². The Morgan fingerprint density at radius 2 is 2.17 bits per heavy atom. The molecule has 0 radical (unpaired) electrons. The van der Waals surface area contributed by atoms with Crippen LogP contribution in [0, 0.1) is 0 Å². The number of aromatic nitrogens is 2. The van der Waals surface area contributed by atoms with Crippen LogP contribution in [0.2, 0.25) is 5.02 Å². The van der Waals surface area contributed by atoms with E-state index in [1.54, 1.807) is 4.90 Å². The molecule has 1 fully saturated rings. The van der Waals surface area contributed by atoms with Crippen molar-refractivity contribution in [2.24, 2.45) is 0 Å². The second-order valence-electron chi connectivity index (χ2n) is 3.61. The minimum atomic E-state index is -0.167. The molecular formula is C9H13ClN4O3S. The Bertz CT molecular complexity index is 408. The highest BCUT2D eigenvalue weighted by atomic mass is 35.5. The first-order valence-corrected chi connectivity index (χ1v) is 6.40. The molecule has 18 heavy (non-hydrogen) atoms. The van der Waals surface area contributed by atoms with Gasteiger partial charge in [-0.3, -0.25) is 0 Å². The maximum atomic E-state index is 12.0. The number of halogens is 1. The van der Waals surface area contributed by atoms with E-state index in [-0.39, 0.29) is 6.03 Å². The van der Waals surface area contributed by atoms with Gasteiger partial charge < -0.3 is 4.90 Å². The Morgan fingerprint density at radius 1 is 1.44 bits per heavy atom. The van der Waals surface area contributed by atoms with E-state index in [1.807, 2.05) is 4.31 Å². The van der Waals surface area contributed by atoms with Crippen LogP contribution in [0.1, 0.15) is 0 Å². The number of piperazine rings is 1. The molecule has 1 aromatic rings. The topological polar surface area (TPSA) is 59.8 Å². The maximum absolute atomic E-state index is 12.0. The second kappa shape index (κ2) is 6.39. The average Bonchev–Trinajstić information content (AvgIpc) is 2.83. The number of hydrogen-bond donors (Lipinski definition) is 0. The molecule has 100 valence electrons. The van der Waals surface area contributed by atoms with Crippen LogP contribution in [0.3, 0.4) is 0 Å². The molecule has 1 aliphatic rings. The summed E-state index contributed by atoms with van der Waals surface area (Å²) in [6.45, 7) is 2.62. The van der Waals surface area contributed by atoms with Crippen LogP contribution in [0.4, 0.5) is 4.79 Å². The molecule has 1 saturated heterocycles. The van der Waals surface area contributed by atoms with Crippen LogP contribution in [0.25, 0.3) is 0 Å². The Kier molecular flexibility index (Phi) is 4.84. The quantitative estimate of drug-likeness (QED) is 0.362. The summed E-state index contributed by atoms with van der Waals surface area (Å²) in [4.78, 5) is 18.2. The molecule has 0 aliphatic carbocycles. The fraction of sp³-hybridized carbons (Fsp3) is 0.556. The Morgan fingerprint density at radius 3 is 2.72 bits per heavy atom. The number of carbonyl (C=O) groups is 1. The average molecular weight is 293 g/mol. The number of nitrogens with zero attached hydrogens (tertiary/aromatic N) is 4. The summed E-state index contributed by atoms with van der Waals surface area (Å²) >= 11 is 6.87. The molecule has 0 atom stereocenters. The van der Waals surface area contributed by atoms with Crippen LogP contribution in [-0.2, 0) is 9.22 Å². The van der Waals surface area contributed by atoms with Crippen LogP contribution in [-0.4, -0.2) is 58.3 Å². The van der Waals surface area contributed by atoms with Gasteiger partial charge in [-0.15, -0.1) is 4.33 Å². The predicted octanol–water partition coefficient (Wildman–Crippen LogP) is 1.26. The summed E-state index contributed by atoms with van der Waals surface area (Å²) in [6, 6.07) is -0.167. The SMILES string of the molecule is COOSN1CCN(C(=O)n2cc(Cl)cn2)CC1. The molecule has 1 amide bonds. The zero-order valence-electron chi connectivity index (χ0n) is 9.78. The molecule has 0 N–H and O–H groups in total. The number of amides is 1. The summed E-state index contributed by atoms with van der Waals surface area (Å²) in [5.41, 5.74) is 0. The molecular weight excluding hydrogens is 280 g/mol. The van der Waals surface area contributed by atoms with E-state index in [1.165, 1.54) is 24.2 Å². The van der Waals surface area contributed by atoms with Crippen LogP contribution >= 0.6 is 23.8 Å². The van der Waals surface area contributed by atoms with E-state index in [9.17, 15) is 4.79 Å². The zero-order chi connectivity index (χ0) is 13.0. The maximum Gasteiger partial charge on any atom is 0.344 e. The molecule has 0 spiro atoms. The Hall–Kier alpha value is -0.800. The van der Waals surface area contributed by atoms with E-state index in [4.69, 9.17) is 15.9 Å². The minimum absolute atomic E-state index is 0.167. The number of hydrogen-bond acceptors (Lipinski definition) is 6. The monoisotopic (exact) mass is 292 g/mol. The largest absolute Gasteiger partial charge is 0.344 e. The van der Waals surface area contributed by atoms with Crippen molar-refractivity contribution in [3.63, 3.8) is 0 Å². The Labute approximate surface area is 114 Å². The van der Waals surface area contributed by atoms with Crippen LogP contribution < -0.4 is 0 Å². The van der Waals surface area contributed by atoms with Gasteiger partial charge in [0.25, 0.3) is 0 Å². The molecule has 0 unspecified atom stereocenters. The van der Waals surface area contributed by atoms with Gasteiger partial charge in [0.05, 0.1) is 24.5 Å². The number of rotatable bonds is 3. The third kappa shape index (κ3) is 3.36. The van der Waals surface area contributed by atoms with Gasteiger partial charge in [0.1, 0.15) is 12.2 Å². The van der Waals surface area contributed by atoms with Crippen molar-refractivity contribution < 1.29 is 14.0 Å². The predicted molar refractivity (Wildman–Crippen MR) is 66.9 cm³/mol. The van der Waals surface area contributed by atoms with Crippen molar-refractivity contribution in [3.8, 4) is 0 Å². The second-order valence-corrected chi connectivity index (χ2v) is 4.85. The molecule has 0 saturated carbocycles. The van der Waals surface area contributed by atoms with Crippen molar-refractivity contribution in [1.82, 2.24) is 19.0 Å². The van der Waals surface area contributed by atoms with E-state index < -0.39 is 0 Å². The molecule has 2 rings (SSSR count). The summed E-state index contributed by atoms with van der Waals surface area (Å²) in [5.74, 6) is 0. The summed E-state index contributed by atoms with van der Waals surface area (Å²) in [7, 11) is 1.45. The van der Waals surface area contributed by atoms with Crippen LogP contribution in [0.15, 0.2) is 12.4 Å². The van der Waals surface area contributed by atoms with Crippen molar-refractivity contribution in [2.75, 3.05) is 33.3 Å². The van der Waals surface area contributed by atoms with Crippen LogP contribution in [0.5, 0.6) is 0 Å². The van der Waals surface area contributed by atoms with Crippen molar-refractivity contribution in [2.45, 2.75) is 0 Å². The van der Waals surface area contributed by atoms with E-state index in [0.29, 0.717) is 31.2 Å². The lowest BCUT2D eigenvalue weighted by Crippen LogP contribution is -2.47. The third-order valence-corrected chi connectivity index (χ3v) is 3.43. The summed E-state index contributed by atoms with van der Waals surface area (Å²) in [6.07, 6.45) is 2.94. The minimum Gasteiger partial charge on any atom is -0.320 e. The zero-order valence-corrected chi connectivity index (χ0v) is 11.4. The summed E-state index contributed by atoms with van der Waals surface area (Å²) < 4.78 is 7.98. The molecule has 2 heterocycles. The number of carbonyl (C=O) groups excluding carboxylic acids is 1.